The number of carbonyl (C=O) groups excluding carboxylic acids is 3. The topological polar surface area (TPSA) is 51.2 Å². The summed E-state index contributed by atoms with van der Waals surface area (Å²) in [7, 11) is 0. The predicted molar refractivity (Wildman–Crippen MR) is 30.2 cm³/mol. The second-order valence-corrected chi connectivity index (χ2v) is 1.54. The number of hydrogen-bond donors (Lipinski definition) is 0. The van der Waals surface area contributed by atoms with Crippen molar-refractivity contribution in [1.29, 1.82) is 0 Å². The van der Waals surface area contributed by atoms with Gasteiger partial charge in [0.25, 0.3) is 0 Å². The van der Waals surface area contributed by atoms with E-state index in [4.69, 9.17) is 0 Å². The molecule has 0 aliphatic rings. The van der Waals surface area contributed by atoms with Gasteiger partial charge in [0.1, 0.15) is 6.29 Å². The number of aldehydes is 1. The maximum absolute atomic E-state index is 9.85. The van der Waals surface area contributed by atoms with E-state index in [0.717, 1.165) is 0 Å². The van der Waals surface area contributed by atoms with Crippen molar-refractivity contribution >= 4 is 18.9 Å². The Bertz CT molecular complexity index is 101. The van der Waals surface area contributed by atoms with Gasteiger partial charge in [-0.25, -0.2) is 0 Å². The first-order valence-corrected chi connectivity index (χ1v) is 2.53. The van der Waals surface area contributed by atoms with Crippen LogP contribution in [0.2, 0.25) is 0 Å². The molecule has 2 radical (unpaired) electrons. The van der Waals surface area contributed by atoms with Gasteiger partial charge in [-0.3, -0.25) is 9.59 Å². The third-order valence-corrected chi connectivity index (χ3v) is 0.873. The summed E-state index contributed by atoms with van der Waals surface area (Å²) in [6, 6.07) is 0. The van der Waals surface area contributed by atoms with Gasteiger partial charge in [-0.15, -0.1) is 0 Å². The van der Waals surface area contributed by atoms with Crippen LogP contribution in [0.4, 0.5) is 0 Å². The molecule has 0 aliphatic heterocycles. The molecule has 0 saturated carbocycles. The van der Waals surface area contributed by atoms with Crippen LogP contribution in [0.3, 0.4) is 0 Å². The Morgan fingerprint density at radius 1 is 1.44 bits per heavy atom. The molecule has 0 aromatic carbocycles. The second-order valence-electron chi connectivity index (χ2n) is 1.54. The molecule has 0 aromatic rings. The van der Waals surface area contributed by atoms with Gasteiger partial charge in [0.2, 0.25) is 6.29 Å². The third-order valence-electron chi connectivity index (χ3n) is 0.873. The molecule has 0 fully saturated rings. The average molecular weight is 126 g/mol. The standard InChI is InChI=1S/C6H6O3/c7-3-1-2-6(4-8)5-9/h4,6H,1-2H2. The molecule has 0 bridgehead atoms. The average Bonchev–Trinajstić information content (AvgIpc) is 1.91. The summed E-state index contributed by atoms with van der Waals surface area (Å²) >= 11 is 0. The summed E-state index contributed by atoms with van der Waals surface area (Å²) in [4.78, 5) is 29.2. The SMILES string of the molecule is O=[C]CCC([C]=O)C=O. The van der Waals surface area contributed by atoms with Crippen molar-refractivity contribution in [3.05, 3.63) is 0 Å². The maximum atomic E-state index is 9.85. The van der Waals surface area contributed by atoms with Gasteiger partial charge >= 0.3 is 0 Å². The molecule has 1 atom stereocenters. The van der Waals surface area contributed by atoms with Crippen LogP contribution < -0.4 is 0 Å². The van der Waals surface area contributed by atoms with Crippen molar-refractivity contribution in [1.82, 2.24) is 0 Å². The smallest absolute Gasteiger partial charge is 0.209 e. The molecule has 0 rings (SSSR count). The normalized spacial score (nSPS) is 9.00. The van der Waals surface area contributed by atoms with Gasteiger partial charge in [-0.2, -0.15) is 0 Å². The molecule has 0 aromatic heterocycles. The van der Waals surface area contributed by atoms with E-state index >= 15 is 0 Å². The summed E-state index contributed by atoms with van der Waals surface area (Å²) in [6.45, 7) is 0. The molecule has 0 spiro atoms. The van der Waals surface area contributed by atoms with E-state index in [-0.39, 0.29) is 12.8 Å². The summed E-state index contributed by atoms with van der Waals surface area (Å²) in [5.41, 5.74) is 0. The van der Waals surface area contributed by atoms with E-state index in [0.29, 0.717) is 6.29 Å². The zero-order valence-electron chi connectivity index (χ0n) is 4.79. The summed E-state index contributed by atoms with van der Waals surface area (Å²) in [5, 5.41) is 0. The minimum absolute atomic E-state index is 0.124. The van der Waals surface area contributed by atoms with Gasteiger partial charge < -0.3 is 4.79 Å². The van der Waals surface area contributed by atoms with Crippen molar-refractivity contribution in [2.24, 2.45) is 5.92 Å². The zero-order valence-corrected chi connectivity index (χ0v) is 4.79. The van der Waals surface area contributed by atoms with E-state index in [1.165, 1.54) is 6.29 Å². The Kier molecular flexibility index (Phi) is 4.59. The molecule has 0 aliphatic carbocycles. The van der Waals surface area contributed by atoms with E-state index < -0.39 is 5.92 Å². The van der Waals surface area contributed by atoms with Crippen molar-refractivity contribution < 1.29 is 14.4 Å². The number of rotatable bonds is 5. The Morgan fingerprint density at radius 2 is 2.11 bits per heavy atom. The maximum Gasteiger partial charge on any atom is 0.209 e. The van der Waals surface area contributed by atoms with Crippen LogP contribution in [0.1, 0.15) is 12.8 Å². The van der Waals surface area contributed by atoms with Crippen LogP contribution in [-0.2, 0) is 14.4 Å². The Balaban J connectivity index is 3.41. The minimum Gasteiger partial charge on any atom is -0.303 e. The van der Waals surface area contributed by atoms with E-state index in [1.54, 1.807) is 6.29 Å². The zero-order chi connectivity index (χ0) is 7.11. The van der Waals surface area contributed by atoms with E-state index in [1.807, 2.05) is 0 Å². The Hall–Kier alpha value is -0.990. The summed E-state index contributed by atoms with van der Waals surface area (Å²) in [5.74, 6) is -0.744. The van der Waals surface area contributed by atoms with Crippen LogP contribution >= 0.6 is 0 Å². The highest BCUT2D eigenvalue weighted by Gasteiger charge is 2.04. The van der Waals surface area contributed by atoms with Gasteiger partial charge in [0.05, 0.1) is 5.92 Å². The molecule has 3 heteroatoms. The molecule has 0 saturated heterocycles. The predicted octanol–water partition coefficient (Wildman–Crippen LogP) is -0.199. The quantitative estimate of drug-likeness (QED) is 0.378. The monoisotopic (exact) mass is 126 g/mol. The van der Waals surface area contributed by atoms with E-state index in [2.05, 4.69) is 0 Å². The molecular weight excluding hydrogens is 120 g/mol. The van der Waals surface area contributed by atoms with Gasteiger partial charge in [0, 0.05) is 6.42 Å². The van der Waals surface area contributed by atoms with Crippen LogP contribution in [0.25, 0.3) is 0 Å². The highest BCUT2D eigenvalue weighted by molar-refractivity contribution is 5.78. The van der Waals surface area contributed by atoms with Crippen molar-refractivity contribution in [3.8, 4) is 0 Å². The first-order valence-electron chi connectivity index (χ1n) is 2.53. The van der Waals surface area contributed by atoms with Crippen LogP contribution in [-0.4, -0.2) is 18.9 Å². The van der Waals surface area contributed by atoms with Crippen LogP contribution in [0.15, 0.2) is 0 Å². The highest BCUT2D eigenvalue weighted by Crippen LogP contribution is 1.96. The summed E-state index contributed by atoms with van der Waals surface area (Å²) < 4.78 is 0. The fourth-order valence-electron chi connectivity index (χ4n) is 0.369. The Morgan fingerprint density at radius 3 is 2.44 bits per heavy atom. The lowest BCUT2D eigenvalue weighted by molar-refractivity contribution is -0.109. The van der Waals surface area contributed by atoms with Crippen molar-refractivity contribution in [3.63, 3.8) is 0 Å². The van der Waals surface area contributed by atoms with E-state index in [9.17, 15) is 14.4 Å². The first-order chi connectivity index (χ1) is 4.35. The lowest BCUT2D eigenvalue weighted by Crippen LogP contribution is -2.02. The van der Waals surface area contributed by atoms with Gasteiger partial charge in [-0.1, -0.05) is 0 Å². The number of hydrogen-bond acceptors (Lipinski definition) is 3. The fraction of sp³-hybridized carbons (Fsp3) is 0.500. The largest absolute Gasteiger partial charge is 0.303 e. The number of carbonyl (C=O) groups is 1. The first kappa shape index (κ1) is 8.01. The lowest BCUT2D eigenvalue weighted by Gasteiger charge is -1.91. The Labute approximate surface area is 53.0 Å². The molecule has 9 heavy (non-hydrogen) atoms. The molecule has 48 valence electrons. The molecule has 0 N–H and O–H groups in total. The molecule has 1 unspecified atom stereocenters. The van der Waals surface area contributed by atoms with Crippen LogP contribution in [0.5, 0.6) is 0 Å². The summed E-state index contributed by atoms with van der Waals surface area (Å²) in [6.07, 6.45) is 3.90. The minimum atomic E-state index is -0.744. The molecular formula is C6H6O3. The third kappa shape index (κ3) is 3.58. The second kappa shape index (κ2) is 5.15. The van der Waals surface area contributed by atoms with Crippen molar-refractivity contribution in [2.75, 3.05) is 0 Å². The molecule has 0 heterocycles. The fourth-order valence-corrected chi connectivity index (χ4v) is 0.369. The molecule has 3 nitrogen and oxygen atoms in total. The van der Waals surface area contributed by atoms with Crippen molar-refractivity contribution in [2.45, 2.75) is 12.8 Å². The molecule has 0 amide bonds. The highest BCUT2D eigenvalue weighted by atomic mass is 16.1. The lowest BCUT2D eigenvalue weighted by atomic mass is 10.1. The van der Waals surface area contributed by atoms with Gasteiger partial charge in [-0.05, 0) is 6.42 Å². The van der Waals surface area contributed by atoms with Gasteiger partial charge in [0.15, 0.2) is 6.29 Å². The van der Waals surface area contributed by atoms with Crippen LogP contribution in [0, 0.1) is 5.92 Å².